The molecule has 5 heterocycles. The number of carbonyl (C=O) groups excluding carboxylic acids is 1. The molecule has 2 N–H and O–H groups in total. The highest BCUT2D eigenvalue weighted by Gasteiger charge is 2.25. The van der Waals surface area contributed by atoms with E-state index in [2.05, 4.69) is 40.5 Å². The van der Waals surface area contributed by atoms with Crippen LogP contribution in [0.5, 0.6) is 6.01 Å². The van der Waals surface area contributed by atoms with Crippen molar-refractivity contribution in [2.45, 2.75) is 13.1 Å². The summed E-state index contributed by atoms with van der Waals surface area (Å²) in [5, 5.41) is 6.30. The number of hydrogen-bond donors (Lipinski definition) is 2. The first kappa shape index (κ1) is 20.1. The SMILES string of the molecule is COc1ncc2c(n1)CN(c1nccc(C(=O)Nc3cnccc3N3CCNCC3)n1)C2. The van der Waals surface area contributed by atoms with Gasteiger partial charge in [0.2, 0.25) is 5.95 Å². The molecule has 0 unspecified atom stereocenters. The summed E-state index contributed by atoms with van der Waals surface area (Å²) < 4.78 is 5.10. The van der Waals surface area contributed by atoms with Gasteiger partial charge in [-0.1, -0.05) is 0 Å². The average Bonchev–Trinajstić information content (AvgIpc) is 3.28. The number of rotatable bonds is 5. The number of aromatic nitrogens is 5. The molecule has 11 heteroatoms. The molecular weight excluding hydrogens is 410 g/mol. The van der Waals surface area contributed by atoms with Gasteiger partial charge in [0.1, 0.15) is 5.69 Å². The van der Waals surface area contributed by atoms with Gasteiger partial charge in [-0.15, -0.1) is 0 Å². The second-order valence-corrected chi connectivity index (χ2v) is 7.51. The van der Waals surface area contributed by atoms with Crippen LogP contribution in [0, 0.1) is 0 Å². The maximum absolute atomic E-state index is 13.0. The van der Waals surface area contributed by atoms with E-state index in [1.807, 2.05) is 11.0 Å². The van der Waals surface area contributed by atoms with Crippen LogP contribution in [-0.2, 0) is 13.1 Å². The molecule has 2 aliphatic heterocycles. The van der Waals surface area contributed by atoms with Crippen LogP contribution < -0.4 is 25.2 Å². The predicted molar refractivity (Wildman–Crippen MR) is 118 cm³/mol. The first-order chi connectivity index (χ1) is 15.7. The highest BCUT2D eigenvalue weighted by Crippen LogP contribution is 2.27. The van der Waals surface area contributed by atoms with Gasteiger partial charge in [-0.05, 0) is 12.1 Å². The van der Waals surface area contributed by atoms with Gasteiger partial charge in [0.05, 0.1) is 36.9 Å². The quantitative estimate of drug-likeness (QED) is 0.599. The minimum atomic E-state index is -0.309. The lowest BCUT2D eigenvalue weighted by Gasteiger charge is -2.30. The fourth-order valence-corrected chi connectivity index (χ4v) is 3.85. The molecule has 0 bridgehead atoms. The number of piperazine rings is 1. The number of amides is 1. The number of methoxy groups -OCH3 is 1. The van der Waals surface area contributed by atoms with Crippen molar-refractivity contribution in [1.29, 1.82) is 0 Å². The van der Waals surface area contributed by atoms with Crippen LogP contribution >= 0.6 is 0 Å². The molecule has 3 aromatic rings. The number of fused-ring (bicyclic) bond motifs is 1. The Balaban J connectivity index is 1.33. The topological polar surface area (TPSA) is 121 Å². The minimum Gasteiger partial charge on any atom is -0.467 e. The van der Waals surface area contributed by atoms with Crippen LogP contribution in [0.15, 0.2) is 36.9 Å². The molecular formula is C21H23N9O2. The second-order valence-electron chi connectivity index (χ2n) is 7.51. The Hall–Kier alpha value is -3.86. The third kappa shape index (κ3) is 4.02. The smallest absolute Gasteiger partial charge is 0.316 e. The Morgan fingerprint density at radius 1 is 1.06 bits per heavy atom. The third-order valence-electron chi connectivity index (χ3n) is 5.48. The Labute approximate surface area is 184 Å². The van der Waals surface area contributed by atoms with Gasteiger partial charge in [0.15, 0.2) is 0 Å². The van der Waals surface area contributed by atoms with Crippen LogP contribution in [0.4, 0.5) is 17.3 Å². The summed E-state index contributed by atoms with van der Waals surface area (Å²) in [5.74, 6) is 0.152. The monoisotopic (exact) mass is 433 g/mol. The van der Waals surface area contributed by atoms with Crippen molar-refractivity contribution < 1.29 is 9.53 Å². The number of hydrogen-bond acceptors (Lipinski definition) is 10. The summed E-state index contributed by atoms with van der Waals surface area (Å²) in [4.78, 5) is 38.8. The maximum atomic E-state index is 13.0. The molecule has 1 fully saturated rings. The molecule has 5 rings (SSSR count). The number of pyridine rings is 1. The van der Waals surface area contributed by atoms with Gasteiger partial charge in [-0.25, -0.2) is 15.0 Å². The summed E-state index contributed by atoms with van der Waals surface area (Å²) in [6.07, 6.45) is 6.74. The summed E-state index contributed by atoms with van der Waals surface area (Å²) in [6.45, 7) is 4.63. The third-order valence-corrected chi connectivity index (χ3v) is 5.48. The van der Waals surface area contributed by atoms with Gasteiger partial charge in [-0.2, -0.15) is 4.98 Å². The summed E-state index contributed by atoms with van der Waals surface area (Å²) >= 11 is 0. The van der Waals surface area contributed by atoms with Gasteiger partial charge in [0.25, 0.3) is 5.91 Å². The largest absolute Gasteiger partial charge is 0.467 e. The number of anilines is 3. The van der Waals surface area contributed by atoms with E-state index in [0.29, 0.717) is 30.7 Å². The fourth-order valence-electron chi connectivity index (χ4n) is 3.85. The van der Waals surface area contributed by atoms with Crippen molar-refractivity contribution in [3.8, 4) is 6.01 Å². The summed E-state index contributed by atoms with van der Waals surface area (Å²) in [7, 11) is 1.54. The van der Waals surface area contributed by atoms with Crippen LogP contribution in [0.1, 0.15) is 21.7 Å². The zero-order chi connectivity index (χ0) is 21.9. The van der Waals surface area contributed by atoms with Crippen LogP contribution in [0.2, 0.25) is 0 Å². The summed E-state index contributed by atoms with van der Waals surface area (Å²) in [5.41, 5.74) is 3.75. The standard InChI is InChI=1S/C21H23N9O2/c1-32-21-25-10-14-12-30(13-17(14)28-21)20-24-5-2-15(27-20)19(31)26-16-11-23-4-3-18(16)29-8-6-22-7-9-29/h2-5,10-11,22H,6-9,12-13H2,1H3,(H,26,31). The van der Waals surface area contributed by atoms with Crippen molar-refractivity contribution in [1.82, 2.24) is 30.2 Å². The van der Waals surface area contributed by atoms with E-state index < -0.39 is 0 Å². The molecule has 2 aliphatic rings. The number of ether oxygens (including phenoxy) is 1. The highest BCUT2D eigenvalue weighted by molar-refractivity contribution is 6.04. The molecule has 0 saturated carbocycles. The molecule has 1 amide bonds. The Kier molecular flexibility index (Phi) is 5.46. The van der Waals surface area contributed by atoms with Crippen molar-refractivity contribution in [2.75, 3.05) is 48.4 Å². The van der Waals surface area contributed by atoms with E-state index in [4.69, 9.17) is 4.74 Å². The first-order valence-corrected chi connectivity index (χ1v) is 10.4. The molecule has 0 aromatic carbocycles. The van der Waals surface area contributed by atoms with Crippen molar-refractivity contribution in [2.24, 2.45) is 0 Å². The van der Waals surface area contributed by atoms with Crippen LogP contribution in [-0.4, -0.2) is 64.1 Å². The number of carbonyl (C=O) groups is 1. The van der Waals surface area contributed by atoms with E-state index in [-0.39, 0.29) is 11.6 Å². The van der Waals surface area contributed by atoms with E-state index in [0.717, 1.165) is 43.1 Å². The maximum Gasteiger partial charge on any atom is 0.316 e. The number of nitrogens with zero attached hydrogens (tertiary/aromatic N) is 7. The molecule has 32 heavy (non-hydrogen) atoms. The predicted octanol–water partition coefficient (Wildman–Crippen LogP) is 0.852. The fraction of sp³-hybridized carbons (Fsp3) is 0.333. The van der Waals surface area contributed by atoms with Crippen LogP contribution in [0.25, 0.3) is 0 Å². The van der Waals surface area contributed by atoms with Crippen molar-refractivity contribution in [3.63, 3.8) is 0 Å². The van der Waals surface area contributed by atoms with E-state index >= 15 is 0 Å². The van der Waals surface area contributed by atoms with Gasteiger partial charge >= 0.3 is 6.01 Å². The number of nitrogens with one attached hydrogen (secondary N) is 2. The zero-order valence-corrected chi connectivity index (χ0v) is 17.7. The normalized spacial score (nSPS) is 15.4. The first-order valence-electron chi connectivity index (χ1n) is 10.4. The van der Waals surface area contributed by atoms with Crippen molar-refractivity contribution >= 4 is 23.2 Å². The van der Waals surface area contributed by atoms with E-state index in [9.17, 15) is 4.79 Å². The Morgan fingerprint density at radius 2 is 1.94 bits per heavy atom. The molecule has 1 saturated heterocycles. The van der Waals surface area contributed by atoms with E-state index in [1.54, 1.807) is 30.9 Å². The van der Waals surface area contributed by atoms with Gasteiger partial charge in [-0.3, -0.25) is 9.78 Å². The molecule has 11 nitrogen and oxygen atoms in total. The zero-order valence-electron chi connectivity index (χ0n) is 17.7. The molecule has 0 aliphatic carbocycles. The molecule has 0 spiro atoms. The second kappa shape index (κ2) is 8.71. The average molecular weight is 433 g/mol. The Bertz CT molecular complexity index is 1130. The van der Waals surface area contributed by atoms with Gasteiger partial charge < -0.3 is 25.2 Å². The lowest BCUT2D eigenvalue weighted by atomic mass is 10.2. The molecule has 164 valence electrons. The van der Waals surface area contributed by atoms with Crippen molar-refractivity contribution in [3.05, 3.63) is 53.9 Å². The highest BCUT2D eigenvalue weighted by atomic mass is 16.5. The van der Waals surface area contributed by atoms with E-state index in [1.165, 1.54) is 7.11 Å². The molecule has 0 atom stereocenters. The van der Waals surface area contributed by atoms with Gasteiger partial charge in [0, 0.05) is 56.9 Å². The molecule has 3 aromatic heterocycles. The lowest BCUT2D eigenvalue weighted by Crippen LogP contribution is -2.43. The van der Waals surface area contributed by atoms with Crippen LogP contribution in [0.3, 0.4) is 0 Å². The lowest BCUT2D eigenvalue weighted by molar-refractivity contribution is 0.102. The molecule has 0 radical (unpaired) electrons. The Morgan fingerprint density at radius 3 is 2.78 bits per heavy atom. The summed E-state index contributed by atoms with van der Waals surface area (Å²) in [6, 6.07) is 3.85. The minimum absolute atomic E-state index is 0.282.